The highest BCUT2D eigenvalue weighted by Gasteiger charge is 2.68. The molecule has 0 unspecified atom stereocenters. The molecule has 4 rings (SSSR count). The molecule has 0 radical (unpaired) electrons. The van der Waals surface area contributed by atoms with Crippen LogP contribution in [0.15, 0.2) is 118 Å². The number of nitrogens with zero attached hydrogens (tertiary/aromatic N) is 2. The number of hydrogen-bond acceptors (Lipinski definition) is 6. The molecule has 4 aromatic rings. The fourth-order valence-electron chi connectivity index (χ4n) is 3.74. The van der Waals surface area contributed by atoms with Crippen molar-refractivity contribution >= 4 is 26.4 Å². The van der Waals surface area contributed by atoms with Crippen molar-refractivity contribution in [3.8, 4) is 0 Å². The number of aryl methyl sites for hydroxylation is 1. The lowest BCUT2D eigenvalue weighted by Gasteiger charge is -2.40. The number of carbonyl (C=O) groups excluding carboxylic acids is 1. The molecule has 0 aliphatic rings. The summed E-state index contributed by atoms with van der Waals surface area (Å²) in [5.74, 6) is -6.95. The number of ether oxygens (including phenoxy) is 1. The maximum absolute atomic E-state index is 15.3. The predicted molar refractivity (Wildman–Crippen MR) is 139 cm³/mol. The molecule has 0 saturated heterocycles. The van der Waals surface area contributed by atoms with Crippen molar-refractivity contribution in [1.82, 2.24) is 9.55 Å². The first-order chi connectivity index (χ1) is 18.9. The highest BCUT2D eigenvalue weighted by Crippen LogP contribution is 2.70. The number of alkyl halides is 4. The number of aromatic nitrogens is 2. The molecule has 1 aromatic heterocycles. The van der Waals surface area contributed by atoms with Crippen LogP contribution in [0, 0.1) is 0 Å². The lowest BCUT2D eigenvalue weighted by molar-refractivity contribution is -0.182. The van der Waals surface area contributed by atoms with E-state index in [1.54, 1.807) is 61.6 Å². The van der Waals surface area contributed by atoms with E-state index in [9.17, 15) is 22.0 Å². The van der Waals surface area contributed by atoms with E-state index in [1.807, 2.05) is 0 Å². The molecular formula is C27H24F4N2O5S2. The second-order valence-corrected chi connectivity index (χ2v) is 13.0. The number of rotatable bonds is 11. The standard InChI is InChI=1S/C27H24F4N2O5S2/c1-33-18-17-32-24(33)20-37-25(34)19-26(28,29)27(30,31)40(35,36)38-39(21-11-5-2-6-12-21,22-13-7-3-8-14-22)23-15-9-4-10-16-23/h2-18H,19-20H2,1H3. The molecule has 0 aliphatic carbocycles. The molecule has 0 N–H and O–H groups in total. The SMILES string of the molecule is Cn1ccnc1COC(=O)CC(F)(F)C(F)(F)S(=O)(=O)OS(c1ccccc1)(c1ccccc1)c1ccccc1. The molecule has 0 atom stereocenters. The molecule has 0 spiro atoms. The largest absolute Gasteiger partial charge is 0.457 e. The third kappa shape index (κ3) is 5.62. The smallest absolute Gasteiger partial charge is 0.433 e. The minimum absolute atomic E-state index is 0.168. The predicted octanol–water partition coefficient (Wildman–Crippen LogP) is 6.32. The van der Waals surface area contributed by atoms with Gasteiger partial charge in [0.15, 0.2) is 0 Å². The summed E-state index contributed by atoms with van der Waals surface area (Å²) >= 11 is 0. The fraction of sp³-hybridized carbons (Fsp3) is 0.185. The molecule has 0 bridgehead atoms. The quantitative estimate of drug-likeness (QED) is 0.149. The van der Waals surface area contributed by atoms with Crippen LogP contribution < -0.4 is 0 Å². The zero-order valence-electron chi connectivity index (χ0n) is 21.0. The summed E-state index contributed by atoms with van der Waals surface area (Å²) in [5, 5.41) is -5.81. The number of imidazole rings is 1. The third-order valence-corrected chi connectivity index (χ3v) is 11.1. The Hall–Kier alpha value is -3.68. The van der Waals surface area contributed by atoms with Gasteiger partial charge in [-0.2, -0.15) is 26.0 Å². The van der Waals surface area contributed by atoms with E-state index in [0.29, 0.717) is 0 Å². The van der Waals surface area contributed by atoms with E-state index in [4.69, 9.17) is 3.63 Å². The molecular weight excluding hydrogens is 572 g/mol. The first-order valence-corrected chi connectivity index (χ1v) is 14.7. The molecule has 0 fully saturated rings. The Kier molecular flexibility index (Phi) is 8.38. The highest BCUT2D eigenvalue weighted by atomic mass is 32.3. The molecule has 0 saturated carbocycles. The monoisotopic (exact) mass is 596 g/mol. The summed E-state index contributed by atoms with van der Waals surface area (Å²) in [4.78, 5) is 16.4. The van der Waals surface area contributed by atoms with Crippen molar-refractivity contribution in [3.63, 3.8) is 0 Å². The lowest BCUT2D eigenvalue weighted by atomic mass is 10.2. The Morgan fingerprint density at radius 3 is 1.68 bits per heavy atom. The molecule has 13 heteroatoms. The normalized spacial score (nSPS) is 13.1. The summed E-state index contributed by atoms with van der Waals surface area (Å²) in [6.07, 6.45) is 0.643. The minimum atomic E-state index is -6.40. The zero-order valence-corrected chi connectivity index (χ0v) is 22.6. The zero-order chi connectivity index (χ0) is 29.0. The van der Waals surface area contributed by atoms with Gasteiger partial charge in [-0.1, -0.05) is 54.6 Å². The number of carbonyl (C=O) groups is 1. The van der Waals surface area contributed by atoms with Crippen molar-refractivity contribution < 1.29 is 39.1 Å². The van der Waals surface area contributed by atoms with E-state index in [-0.39, 0.29) is 20.5 Å². The summed E-state index contributed by atoms with van der Waals surface area (Å²) in [6.45, 7) is -0.573. The van der Waals surface area contributed by atoms with Gasteiger partial charge in [-0.3, -0.25) is 4.79 Å². The Morgan fingerprint density at radius 1 is 0.825 bits per heavy atom. The van der Waals surface area contributed by atoms with E-state index in [1.165, 1.54) is 53.4 Å². The topological polar surface area (TPSA) is 87.5 Å². The first-order valence-electron chi connectivity index (χ1n) is 11.7. The van der Waals surface area contributed by atoms with Crippen LogP contribution in [0.3, 0.4) is 0 Å². The Bertz CT molecular complexity index is 1450. The molecule has 212 valence electrons. The average Bonchev–Trinajstić information content (AvgIpc) is 3.36. The number of halogens is 4. The van der Waals surface area contributed by atoms with E-state index >= 15 is 8.78 Å². The summed E-state index contributed by atoms with van der Waals surface area (Å²) in [6, 6.07) is 22.9. The second-order valence-electron chi connectivity index (χ2n) is 8.53. The highest BCUT2D eigenvalue weighted by molar-refractivity contribution is 8.33. The third-order valence-electron chi connectivity index (χ3n) is 5.81. The van der Waals surface area contributed by atoms with Crippen molar-refractivity contribution in [2.45, 2.75) is 38.9 Å². The van der Waals surface area contributed by atoms with Crippen LogP contribution in [0.1, 0.15) is 12.2 Å². The minimum Gasteiger partial charge on any atom is -0.457 e. The maximum atomic E-state index is 15.3. The number of benzene rings is 3. The fourth-order valence-corrected chi connectivity index (χ4v) is 8.97. The molecule has 7 nitrogen and oxygen atoms in total. The molecule has 1 heterocycles. The molecule has 0 amide bonds. The molecule has 0 aliphatic heterocycles. The van der Waals surface area contributed by atoms with Crippen molar-refractivity contribution in [3.05, 3.63) is 109 Å². The van der Waals surface area contributed by atoms with Crippen LogP contribution in [-0.2, 0) is 36.9 Å². The van der Waals surface area contributed by atoms with Gasteiger partial charge in [-0.05, 0) is 46.7 Å². The number of esters is 1. The van der Waals surface area contributed by atoms with Gasteiger partial charge >= 0.3 is 27.3 Å². The van der Waals surface area contributed by atoms with Crippen LogP contribution in [0.5, 0.6) is 0 Å². The Labute approximate surface area is 230 Å². The van der Waals surface area contributed by atoms with Crippen molar-refractivity contribution in [1.29, 1.82) is 0 Å². The number of hydrogen-bond donors (Lipinski definition) is 0. The van der Waals surface area contributed by atoms with Gasteiger partial charge in [0, 0.05) is 34.1 Å². The molecule has 40 heavy (non-hydrogen) atoms. The van der Waals surface area contributed by atoms with Crippen LogP contribution >= 0.6 is 10.3 Å². The van der Waals surface area contributed by atoms with Crippen LogP contribution in [0.25, 0.3) is 0 Å². The van der Waals surface area contributed by atoms with Gasteiger partial charge in [0.05, 0.1) is 0 Å². The van der Waals surface area contributed by atoms with Crippen LogP contribution in [0.4, 0.5) is 17.6 Å². The Balaban J connectivity index is 1.73. The van der Waals surface area contributed by atoms with Gasteiger partial charge in [-0.25, -0.2) is 8.61 Å². The van der Waals surface area contributed by atoms with E-state index < -0.39 is 50.6 Å². The summed E-state index contributed by atoms with van der Waals surface area (Å²) < 4.78 is 98.4. The lowest BCUT2D eigenvalue weighted by Crippen LogP contribution is -2.49. The van der Waals surface area contributed by atoms with E-state index in [2.05, 4.69) is 9.72 Å². The summed E-state index contributed by atoms with van der Waals surface area (Å²) in [5.41, 5.74) is 0. The van der Waals surface area contributed by atoms with Crippen molar-refractivity contribution in [2.75, 3.05) is 0 Å². The maximum Gasteiger partial charge on any atom is 0.433 e. The summed E-state index contributed by atoms with van der Waals surface area (Å²) in [7, 11) is -8.39. The van der Waals surface area contributed by atoms with Gasteiger partial charge < -0.3 is 9.30 Å². The molecule has 3 aromatic carbocycles. The van der Waals surface area contributed by atoms with E-state index in [0.717, 1.165) is 0 Å². The first kappa shape index (κ1) is 29.3. The average molecular weight is 597 g/mol. The van der Waals surface area contributed by atoms with Gasteiger partial charge in [0.1, 0.15) is 18.9 Å². The van der Waals surface area contributed by atoms with Gasteiger partial charge in [0.2, 0.25) is 0 Å². The second kappa shape index (κ2) is 11.4. The van der Waals surface area contributed by atoms with Gasteiger partial charge in [-0.15, -0.1) is 0 Å². The van der Waals surface area contributed by atoms with Crippen LogP contribution in [-0.4, -0.2) is 35.1 Å². The van der Waals surface area contributed by atoms with Crippen molar-refractivity contribution in [2.24, 2.45) is 7.05 Å². The Morgan fingerprint density at radius 2 is 1.27 bits per heavy atom. The van der Waals surface area contributed by atoms with Gasteiger partial charge in [0.25, 0.3) is 0 Å². The van der Waals surface area contributed by atoms with Crippen LogP contribution in [0.2, 0.25) is 0 Å².